The molecule has 262 valence electrons. The Morgan fingerprint density at radius 2 is 1.54 bits per heavy atom. The highest BCUT2D eigenvalue weighted by atomic mass is 35.5. The van der Waals surface area contributed by atoms with E-state index in [0.717, 1.165) is 52.0 Å². The number of aliphatic hydroxyl groups is 2. The lowest BCUT2D eigenvalue weighted by molar-refractivity contribution is -0.253. The monoisotopic (exact) mass is 698 g/mol. The number of benzene rings is 4. The fourth-order valence-electron chi connectivity index (χ4n) is 6.75. The van der Waals surface area contributed by atoms with Gasteiger partial charge in [-0.1, -0.05) is 96.5 Å². The maximum absolute atomic E-state index is 12.2. The van der Waals surface area contributed by atoms with E-state index in [1.54, 1.807) is 0 Å². The molecule has 50 heavy (non-hydrogen) atoms. The fraction of sp³-hybridized carbons (Fsp3) is 0.350. The van der Waals surface area contributed by atoms with Crippen LogP contribution >= 0.6 is 11.6 Å². The number of carboxylic acid groups (broad SMARTS) is 1. The van der Waals surface area contributed by atoms with Crippen LogP contribution in [0.4, 0.5) is 0 Å². The smallest absolute Gasteiger partial charge is 0.303 e. The molecule has 9 nitrogen and oxygen atoms in total. The fourth-order valence-corrected chi connectivity index (χ4v) is 6.88. The van der Waals surface area contributed by atoms with Crippen LogP contribution in [0.15, 0.2) is 97.1 Å². The minimum Gasteiger partial charge on any atom is -0.481 e. The molecule has 0 aliphatic carbocycles. The van der Waals surface area contributed by atoms with Gasteiger partial charge in [0.05, 0.1) is 30.8 Å². The number of amides is 1. The highest BCUT2D eigenvalue weighted by Gasteiger charge is 2.37. The number of halogens is 1. The number of carboxylic acids is 1. The zero-order valence-electron chi connectivity index (χ0n) is 27.8. The van der Waals surface area contributed by atoms with Gasteiger partial charge in [0.1, 0.15) is 0 Å². The highest BCUT2D eigenvalue weighted by Crippen LogP contribution is 2.40. The molecule has 2 aliphatic heterocycles. The zero-order valence-corrected chi connectivity index (χ0v) is 28.6. The second kappa shape index (κ2) is 16.3. The average Bonchev–Trinajstić information content (AvgIpc) is 3.14. The molecule has 1 amide bonds. The van der Waals surface area contributed by atoms with E-state index >= 15 is 0 Å². The third kappa shape index (κ3) is 8.98. The number of hydrogen-bond acceptors (Lipinski definition) is 7. The molecule has 2 fully saturated rings. The second-order valence-electron chi connectivity index (χ2n) is 13.1. The Morgan fingerprint density at radius 1 is 0.860 bits per heavy atom. The highest BCUT2D eigenvalue weighted by molar-refractivity contribution is 6.30. The summed E-state index contributed by atoms with van der Waals surface area (Å²) in [4.78, 5) is 25.4. The van der Waals surface area contributed by atoms with Gasteiger partial charge in [-0.2, -0.15) is 0 Å². The van der Waals surface area contributed by atoms with Crippen LogP contribution in [0, 0.1) is 0 Å². The molecule has 0 bridgehead atoms. The van der Waals surface area contributed by atoms with E-state index < -0.39 is 17.9 Å². The van der Waals surface area contributed by atoms with Crippen LogP contribution in [0.2, 0.25) is 5.02 Å². The topological polar surface area (TPSA) is 129 Å². The Morgan fingerprint density at radius 3 is 2.22 bits per heavy atom. The number of hydrogen-bond donors (Lipinski definition) is 4. The van der Waals surface area contributed by atoms with Crippen molar-refractivity contribution in [3.05, 3.63) is 130 Å². The van der Waals surface area contributed by atoms with Crippen molar-refractivity contribution in [2.24, 2.45) is 0 Å². The zero-order chi connectivity index (χ0) is 35.1. The van der Waals surface area contributed by atoms with E-state index in [1.165, 1.54) is 0 Å². The molecular formula is C40H43ClN2O7. The quantitative estimate of drug-likeness (QED) is 0.132. The van der Waals surface area contributed by atoms with Gasteiger partial charge in [0.15, 0.2) is 6.29 Å². The van der Waals surface area contributed by atoms with Crippen LogP contribution in [0.1, 0.15) is 72.3 Å². The predicted octanol–water partition coefficient (Wildman–Crippen LogP) is 6.51. The number of carbonyl (C=O) groups is 2. The van der Waals surface area contributed by atoms with E-state index in [2.05, 4.69) is 10.2 Å². The molecule has 3 atom stereocenters. The van der Waals surface area contributed by atoms with Crippen LogP contribution in [0.3, 0.4) is 0 Å². The molecule has 0 radical (unpaired) electrons. The molecule has 2 heterocycles. The number of rotatable bonds is 12. The first kappa shape index (κ1) is 35.7. The maximum atomic E-state index is 12.2. The Hall–Kier alpha value is -4.09. The summed E-state index contributed by atoms with van der Waals surface area (Å²) in [5, 5.41) is 33.4. The summed E-state index contributed by atoms with van der Waals surface area (Å²) < 4.78 is 13.2. The van der Waals surface area contributed by atoms with E-state index in [4.69, 9.17) is 26.2 Å². The van der Waals surface area contributed by atoms with Gasteiger partial charge in [-0.15, -0.1) is 0 Å². The predicted molar refractivity (Wildman–Crippen MR) is 190 cm³/mol. The van der Waals surface area contributed by atoms with Gasteiger partial charge in [-0.25, -0.2) is 0 Å². The summed E-state index contributed by atoms with van der Waals surface area (Å²) in [7, 11) is 0. The molecule has 0 aromatic heterocycles. The van der Waals surface area contributed by atoms with Crippen molar-refractivity contribution >= 4 is 23.5 Å². The van der Waals surface area contributed by atoms with Crippen molar-refractivity contribution in [1.82, 2.24) is 10.2 Å². The molecule has 6 rings (SSSR count). The van der Waals surface area contributed by atoms with Gasteiger partial charge in [-0.05, 0) is 58.4 Å². The van der Waals surface area contributed by atoms with Gasteiger partial charge in [-0.3, -0.25) is 9.59 Å². The first-order valence-electron chi connectivity index (χ1n) is 17.1. The maximum Gasteiger partial charge on any atom is 0.303 e. The second-order valence-corrected chi connectivity index (χ2v) is 13.6. The summed E-state index contributed by atoms with van der Waals surface area (Å²) in [6.07, 6.45) is 0.674. The SMILES string of the molecule is O=C(O)CCC(=O)NCc1ccccc1-c1ccc([C@@H]2O[C@H](CN3CCC(O)(c4ccc(Cl)cc4)CC3)C[C@H](c3ccc(CO)cc3)O2)cc1. The Labute approximate surface area is 297 Å². The molecular weight excluding hydrogens is 656 g/mol. The molecule has 0 unspecified atom stereocenters. The van der Waals surface area contributed by atoms with Gasteiger partial charge >= 0.3 is 5.97 Å². The van der Waals surface area contributed by atoms with E-state index in [0.29, 0.717) is 30.8 Å². The largest absolute Gasteiger partial charge is 0.481 e. The number of carbonyl (C=O) groups excluding carboxylic acids is 1. The van der Waals surface area contributed by atoms with Crippen molar-refractivity contribution in [3.8, 4) is 11.1 Å². The van der Waals surface area contributed by atoms with Crippen LogP contribution in [0.5, 0.6) is 0 Å². The van der Waals surface area contributed by atoms with Crippen LogP contribution in [-0.2, 0) is 37.8 Å². The molecule has 0 saturated carbocycles. The molecule has 4 aromatic rings. The van der Waals surface area contributed by atoms with Crippen molar-refractivity contribution < 1.29 is 34.4 Å². The number of aliphatic hydroxyl groups excluding tert-OH is 1. The Kier molecular flexibility index (Phi) is 11.6. The van der Waals surface area contributed by atoms with Gasteiger partial charge in [0.25, 0.3) is 0 Å². The summed E-state index contributed by atoms with van der Waals surface area (Å²) in [6, 6.07) is 31.1. The van der Waals surface area contributed by atoms with Gasteiger partial charge < -0.3 is 35.0 Å². The number of likely N-dealkylation sites (tertiary alicyclic amines) is 1. The standard InChI is InChI=1S/C40H43ClN2O7/c41-33-15-13-32(14-16-33)40(48)19-21-43(22-20-40)25-34-23-36(29-7-5-27(26-44)6-8-29)50-39(49-34)30-11-9-28(10-12-30)35-4-2-1-3-31(35)24-42-37(45)17-18-38(46)47/h1-16,34,36,39,44,48H,17-26H2,(H,42,45)(H,46,47)/t34-,36+,39+/m0/s1. The molecule has 0 spiro atoms. The Balaban J connectivity index is 1.15. The van der Waals surface area contributed by atoms with Crippen molar-refractivity contribution in [2.75, 3.05) is 19.6 Å². The molecule has 2 aliphatic rings. The lowest BCUT2D eigenvalue weighted by atomic mass is 9.84. The lowest BCUT2D eigenvalue weighted by Gasteiger charge is -2.42. The summed E-state index contributed by atoms with van der Waals surface area (Å²) >= 11 is 6.08. The summed E-state index contributed by atoms with van der Waals surface area (Å²) in [5.74, 6) is -1.31. The molecule has 4 aromatic carbocycles. The van der Waals surface area contributed by atoms with Crippen LogP contribution in [0.25, 0.3) is 11.1 Å². The van der Waals surface area contributed by atoms with Crippen LogP contribution in [-0.4, -0.2) is 57.8 Å². The van der Waals surface area contributed by atoms with Gasteiger partial charge in [0, 0.05) is 49.6 Å². The number of piperidine rings is 1. The minimum absolute atomic E-state index is 0.0237. The molecule has 10 heteroatoms. The third-order valence-corrected chi connectivity index (χ3v) is 9.95. The average molecular weight is 699 g/mol. The number of ether oxygens (including phenoxy) is 2. The molecule has 4 N–H and O–H groups in total. The normalized spacial score (nSPS) is 20.7. The lowest BCUT2D eigenvalue weighted by Crippen LogP contribution is -2.46. The van der Waals surface area contributed by atoms with Crippen molar-refractivity contribution in [2.45, 2.75) is 69.4 Å². The van der Waals surface area contributed by atoms with Crippen molar-refractivity contribution in [1.29, 1.82) is 0 Å². The number of nitrogens with one attached hydrogen (secondary N) is 1. The van der Waals surface area contributed by atoms with E-state index in [1.807, 2.05) is 97.1 Å². The van der Waals surface area contributed by atoms with Crippen molar-refractivity contribution in [3.63, 3.8) is 0 Å². The number of nitrogens with zero attached hydrogens (tertiary/aromatic N) is 1. The number of aliphatic carboxylic acids is 1. The first-order chi connectivity index (χ1) is 24.2. The van der Waals surface area contributed by atoms with Crippen LogP contribution < -0.4 is 5.32 Å². The van der Waals surface area contributed by atoms with E-state index in [-0.39, 0.29) is 44.1 Å². The Bertz CT molecular complexity index is 1740. The first-order valence-corrected chi connectivity index (χ1v) is 17.4. The van der Waals surface area contributed by atoms with Gasteiger partial charge in [0.2, 0.25) is 5.91 Å². The minimum atomic E-state index is -1.00. The summed E-state index contributed by atoms with van der Waals surface area (Å²) in [5.41, 5.74) is 5.60. The third-order valence-electron chi connectivity index (χ3n) is 9.69. The van der Waals surface area contributed by atoms with E-state index in [9.17, 15) is 19.8 Å². The molecule has 2 saturated heterocycles. The summed E-state index contributed by atoms with van der Waals surface area (Å²) in [6.45, 7) is 2.43.